The molecule has 1 saturated carbocycles. The van der Waals surface area contributed by atoms with E-state index in [1.807, 2.05) is 0 Å². The molecular weight excluding hydrogens is 234 g/mol. The zero-order chi connectivity index (χ0) is 12.5. The Balaban J connectivity index is 1.93. The highest BCUT2D eigenvalue weighted by molar-refractivity contribution is 5.90. The molecule has 2 aromatic heterocycles. The number of carbonyl (C=O) groups is 1. The van der Waals surface area contributed by atoms with Crippen molar-refractivity contribution in [2.24, 2.45) is 0 Å². The average molecular weight is 245 g/mol. The van der Waals surface area contributed by atoms with E-state index in [2.05, 4.69) is 10.1 Å². The molecule has 0 amide bonds. The first-order valence-corrected chi connectivity index (χ1v) is 5.65. The van der Waals surface area contributed by atoms with E-state index in [0.29, 0.717) is 5.88 Å². The lowest BCUT2D eigenvalue weighted by Gasteiger charge is -2.04. The van der Waals surface area contributed by atoms with Crippen molar-refractivity contribution in [3.63, 3.8) is 0 Å². The highest BCUT2D eigenvalue weighted by Crippen LogP contribution is 2.25. The van der Waals surface area contributed by atoms with Gasteiger partial charge in [-0.15, -0.1) is 5.10 Å². The zero-order valence-corrected chi connectivity index (χ0v) is 9.48. The van der Waals surface area contributed by atoms with Crippen LogP contribution in [-0.2, 0) is 0 Å². The van der Waals surface area contributed by atoms with Crippen LogP contribution in [0.1, 0.15) is 23.2 Å². The SMILES string of the molecule is O=C(O)c1cccnc1-n1ccc(OC2CC2)n1. The number of nitrogens with zero attached hydrogens (tertiary/aromatic N) is 3. The highest BCUT2D eigenvalue weighted by Gasteiger charge is 2.24. The molecule has 18 heavy (non-hydrogen) atoms. The van der Waals surface area contributed by atoms with Crippen molar-refractivity contribution in [2.75, 3.05) is 0 Å². The summed E-state index contributed by atoms with van der Waals surface area (Å²) in [5.74, 6) is -0.242. The van der Waals surface area contributed by atoms with Crippen LogP contribution in [0.15, 0.2) is 30.6 Å². The molecule has 92 valence electrons. The number of hydrogen-bond donors (Lipinski definition) is 1. The van der Waals surface area contributed by atoms with Crippen molar-refractivity contribution in [2.45, 2.75) is 18.9 Å². The highest BCUT2D eigenvalue weighted by atomic mass is 16.5. The molecular formula is C12H11N3O3. The largest absolute Gasteiger partial charge is 0.478 e. The minimum atomic E-state index is -1.03. The molecule has 0 aliphatic heterocycles. The maximum Gasteiger partial charge on any atom is 0.339 e. The first-order chi connectivity index (χ1) is 8.74. The molecule has 0 aromatic carbocycles. The first-order valence-electron chi connectivity index (χ1n) is 5.65. The Morgan fingerprint density at radius 2 is 2.28 bits per heavy atom. The summed E-state index contributed by atoms with van der Waals surface area (Å²) < 4.78 is 6.94. The Morgan fingerprint density at radius 3 is 3.00 bits per heavy atom. The Labute approximate surface area is 103 Å². The summed E-state index contributed by atoms with van der Waals surface area (Å²) in [6.07, 6.45) is 5.54. The van der Waals surface area contributed by atoms with Crippen LogP contribution in [0, 0.1) is 0 Å². The Morgan fingerprint density at radius 1 is 1.44 bits per heavy atom. The molecule has 0 radical (unpaired) electrons. The molecule has 0 saturated heterocycles. The fourth-order valence-corrected chi connectivity index (χ4v) is 1.59. The molecule has 1 aliphatic rings. The number of carboxylic acid groups (broad SMARTS) is 1. The predicted octanol–water partition coefficient (Wildman–Crippen LogP) is 1.51. The molecule has 6 heteroatoms. The summed E-state index contributed by atoms with van der Waals surface area (Å²) in [6, 6.07) is 4.78. The Hall–Kier alpha value is -2.37. The van der Waals surface area contributed by atoms with Crippen LogP contribution in [0.3, 0.4) is 0 Å². The van der Waals surface area contributed by atoms with Crippen LogP contribution in [0.25, 0.3) is 5.82 Å². The second kappa shape index (κ2) is 4.14. The molecule has 0 spiro atoms. The van der Waals surface area contributed by atoms with Crippen molar-refractivity contribution < 1.29 is 14.6 Å². The van der Waals surface area contributed by atoms with E-state index in [-0.39, 0.29) is 17.5 Å². The summed E-state index contributed by atoms with van der Waals surface area (Å²) in [7, 11) is 0. The molecule has 1 aliphatic carbocycles. The molecule has 0 unspecified atom stereocenters. The summed E-state index contributed by atoms with van der Waals surface area (Å²) in [4.78, 5) is 15.1. The number of rotatable bonds is 4. The second-order valence-electron chi connectivity index (χ2n) is 4.10. The number of hydrogen-bond acceptors (Lipinski definition) is 4. The van der Waals surface area contributed by atoms with Crippen LogP contribution in [0.4, 0.5) is 0 Å². The van der Waals surface area contributed by atoms with Gasteiger partial charge in [0.15, 0.2) is 5.82 Å². The summed E-state index contributed by atoms with van der Waals surface area (Å²) in [5, 5.41) is 13.2. The van der Waals surface area contributed by atoms with Gasteiger partial charge in [0.25, 0.3) is 0 Å². The van der Waals surface area contributed by atoms with E-state index in [0.717, 1.165) is 12.8 Å². The quantitative estimate of drug-likeness (QED) is 0.883. The van der Waals surface area contributed by atoms with Crippen molar-refractivity contribution in [3.05, 3.63) is 36.2 Å². The molecule has 3 rings (SSSR count). The van der Waals surface area contributed by atoms with Gasteiger partial charge in [0.2, 0.25) is 5.88 Å². The number of aromatic carboxylic acids is 1. The Kier molecular flexibility index (Phi) is 2.47. The lowest BCUT2D eigenvalue weighted by molar-refractivity contribution is 0.0696. The topological polar surface area (TPSA) is 77.2 Å². The van der Waals surface area contributed by atoms with E-state index >= 15 is 0 Å². The van der Waals surface area contributed by atoms with Crippen molar-refractivity contribution in [3.8, 4) is 11.7 Å². The van der Waals surface area contributed by atoms with Crippen LogP contribution in [0.2, 0.25) is 0 Å². The summed E-state index contributed by atoms with van der Waals surface area (Å²) in [6.45, 7) is 0. The van der Waals surface area contributed by atoms with Gasteiger partial charge in [-0.3, -0.25) is 0 Å². The number of pyridine rings is 1. The lowest BCUT2D eigenvalue weighted by Crippen LogP contribution is -2.08. The van der Waals surface area contributed by atoms with Crippen LogP contribution < -0.4 is 4.74 Å². The number of carboxylic acids is 1. The standard InChI is InChI=1S/C12H11N3O3/c16-12(17)9-2-1-6-13-11(9)15-7-5-10(14-15)18-8-3-4-8/h1-2,5-8H,3-4H2,(H,16,17). The van der Waals surface area contributed by atoms with Crippen molar-refractivity contribution >= 4 is 5.97 Å². The predicted molar refractivity (Wildman–Crippen MR) is 62.0 cm³/mol. The smallest absolute Gasteiger partial charge is 0.339 e. The third kappa shape index (κ3) is 2.04. The maximum absolute atomic E-state index is 11.1. The molecule has 1 N–H and O–H groups in total. The van der Waals surface area contributed by atoms with Gasteiger partial charge in [-0.1, -0.05) is 0 Å². The third-order valence-electron chi connectivity index (χ3n) is 2.61. The van der Waals surface area contributed by atoms with Gasteiger partial charge in [0, 0.05) is 18.5 Å². The molecule has 0 bridgehead atoms. The van der Waals surface area contributed by atoms with Gasteiger partial charge in [-0.2, -0.15) is 0 Å². The second-order valence-corrected chi connectivity index (χ2v) is 4.10. The summed E-state index contributed by atoms with van der Waals surface area (Å²) in [5.41, 5.74) is 0.110. The monoisotopic (exact) mass is 245 g/mol. The van der Waals surface area contributed by atoms with Crippen LogP contribution in [-0.4, -0.2) is 31.9 Å². The van der Waals surface area contributed by atoms with Gasteiger partial charge < -0.3 is 9.84 Å². The van der Waals surface area contributed by atoms with Crippen molar-refractivity contribution in [1.29, 1.82) is 0 Å². The molecule has 2 heterocycles. The fourth-order valence-electron chi connectivity index (χ4n) is 1.59. The van der Waals surface area contributed by atoms with E-state index < -0.39 is 5.97 Å². The molecule has 6 nitrogen and oxygen atoms in total. The molecule has 0 atom stereocenters. The summed E-state index contributed by atoms with van der Waals surface area (Å²) >= 11 is 0. The fraction of sp³-hybridized carbons (Fsp3) is 0.250. The normalized spacial score (nSPS) is 14.4. The molecule has 1 fully saturated rings. The maximum atomic E-state index is 11.1. The van der Waals surface area contributed by atoms with E-state index in [4.69, 9.17) is 9.84 Å². The number of aromatic nitrogens is 3. The lowest BCUT2D eigenvalue weighted by atomic mass is 10.2. The van der Waals surface area contributed by atoms with Gasteiger partial charge in [0.1, 0.15) is 11.7 Å². The van der Waals surface area contributed by atoms with Crippen molar-refractivity contribution in [1.82, 2.24) is 14.8 Å². The van der Waals surface area contributed by atoms with Gasteiger partial charge >= 0.3 is 5.97 Å². The first kappa shape index (κ1) is 10.8. The zero-order valence-electron chi connectivity index (χ0n) is 9.48. The minimum Gasteiger partial charge on any atom is -0.478 e. The minimum absolute atomic E-state index is 0.110. The Bertz CT molecular complexity index is 590. The van der Waals surface area contributed by atoms with Gasteiger partial charge in [-0.05, 0) is 25.0 Å². The van der Waals surface area contributed by atoms with Crippen LogP contribution in [0.5, 0.6) is 5.88 Å². The number of ether oxygens (including phenoxy) is 1. The van der Waals surface area contributed by atoms with E-state index in [1.54, 1.807) is 18.3 Å². The van der Waals surface area contributed by atoms with Crippen LogP contribution >= 0.6 is 0 Å². The van der Waals surface area contributed by atoms with Gasteiger partial charge in [0.05, 0.1) is 0 Å². The van der Waals surface area contributed by atoms with Gasteiger partial charge in [-0.25, -0.2) is 14.5 Å². The van der Waals surface area contributed by atoms with E-state index in [1.165, 1.54) is 16.9 Å². The molecule has 2 aromatic rings. The van der Waals surface area contributed by atoms with E-state index in [9.17, 15) is 4.79 Å². The third-order valence-corrected chi connectivity index (χ3v) is 2.61. The average Bonchev–Trinajstić information content (AvgIpc) is 3.05.